The Labute approximate surface area is 631 Å². The maximum absolute atomic E-state index is 13.5. The van der Waals surface area contributed by atoms with E-state index < -0.39 is 124 Å². The summed E-state index contributed by atoms with van der Waals surface area (Å²) in [5.41, 5.74) is 0. The zero-order chi connectivity index (χ0) is 75.3. The van der Waals surface area contributed by atoms with Crippen molar-refractivity contribution in [2.45, 2.75) is 471 Å². The van der Waals surface area contributed by atoms with Gasteiger partial charge in [0, 0.05) is 6.42 Å². The van der Waals surface area contributed by atoms with Crippen LogP contribution in [0.3, 0.4) is 0 Å². The lowest BCUT2D eigenvalue weighted by molar-refractivity contribution is -0.379. The highest BCUT2D eigenvalue weighted by Crippen LogP contribution is 2.34. The minimum absolute atomic E-state index is 0.235. The molecule has 612 valence electrons. The van der Waals surface area contributed by atoms with Crippen LogP contribution in [0.15, 0.2) is 36.5 Å². The first-order valence-corrected chi connectivity index (χ1v) is 43.2. The van der Waals surface area contributed by atoms with Crippen molar-refractivity contribution < 1.29 is 89.4 Å². The maximum Gasteiger partial charge on any atom is 0.220 e. The van der Waals surface area contributed by atoms with Gasteiger partial charge in [-0.15, -0.1) is 0 Å². The monoisotopic (exact) mass is 1480 g/mol. The molecule has 0 radical (unpaired) electrons. The molecule has 0 aromatic heterocycles. The van der Waals surface area contributed by atoms with Crippen LogP contribution < -0.4 is 5.32 Å². The minimum Gasteiger partial charge on any atom is -0.394 e. The van der Waals surface area contributed by atoms with Gasteiger partial charge in [-0.25, -0.2) is 0 Å². The second kappa shape index (κ2) is 65.7. The number of aliphatic hydroxyl groups excluding tert-OH is 11. The molecule has 3 heterocycles. The summed E-state index contributed by atoms with van der Waals surface area (Å²) in [6.45, 7) is 1.85. The Balaban J connectivity index is 1.31. The van der Waals surface area contributed by atoms with E-state index in [2.05, 4.69) is 55.6 Å². The summed E-state index contributed by atoms with van der Waals surface area (Å²) in [6, 6.07) is -0.887. The second-order valence-corrected chi connectivity index (χ2v) is 31.0. The molecular weight excluding hydrogens is 1320 g/mol. The molecule has 0 aromatic rings. The van der Waals surface area contributed by atoms with Crippen LogP contribution in [0.5, 0.6) is 0 Å². The van der Waals surface area contributed by atoms with E-state index in [1.807, 2.05) is 0 Å². The van der Waals surface area contributed by atoms with Crippen LogP contribution >= 0.6 is 0 Å². The van der Waals surface area contributed by atoms with Crippen LogP contribution in [0, 0.1) is 0 Å². The van der Waals surface area contributed by atoms with Crippen LogP contribution in [0.25, 0.3) is 0 Å². The number of rotatable bonds is 70. The van der Waals surface area contributed by atoms with Gasteiger partial charge in [-0.3, -0.25) is 4.79 Å². The van der Waals surface area contributed by atoms with Crippen LogP contribution in [-0.2, 0) is 33.2 Å². The van der Waals surface area contributed by atoms with Crippen molar-refractivity contribution in [2.24, 2.45) is 0 Å². The highest BCUT2D eigenvalue weighted by atomic mass is 16.8. The van der Waals surface area contributed by atoms with Crippen molar-refractivity contribution in [1.82, 2.24) is 5.32 Å². The lowest BCUT2D eigenvalue weighted by Gasteiger charge is -2.48. The van der Waals surface area contributed by atoms with Gasteiger partial charge < -0.3 is 89.9 Å². The number of hydrogen-bond acceptors (Lipinski definition) is 18. The van der Waals surface area contributed by atoms with Gasteiger partial charge >= 0.3 is 0 Å². The van der Waals surface area contributed by atoms with E-state index in [-0.39, 0.29) is 18.9 Å². The Hall–Kier alpha value is -1.99. The predicted molar refractivity (Wildman–Crippen MR) is 416 cm³/mol. The molecule has 3 rings (SSSR count). The maximum atomic E-state index is 13.5. The minimum atomic E-state index is -1.97. The second-order valence-electron chi connectivity index (χ2n) is 31.0. The summed E-state index contributed by atoms with van der Waals surface area (Å²) in [5.74, 6) is -0.235. The Morgan fingerprint density at radius 2 is 0.635 bits per heavy atom. The molecule has 3 saturated heterocycles. The molecule has 0 aliphatic carbocycles. The standard InChI is InChI=1S/C85H159NO18/c1-3-5-7-9-11-13-15-17-19-21-23-25-27-28-29-30-31-32-33-34-35-36-37-38-39-40-41-43-45-47-49-51-53-55-57-59-61-63-73(91)86-68(69(90)62-60-58-56-54-52-50-48-46-44-42-26-24-22-20-18-16-14-12-10-8-6-4-2)67-99-83-79(97)76(94)81(71(65-88)101-83)104-85-80(98)77(95)82(72(66-89)102-85)103-84-78(96)75(93)74(92)70(64-87)100-84/h15,17,21,23,27-28,68-72,74-85,87-90,92-98H,3-14,16,18-20,22,24-26,29-67H2,1-2H3,(H,86,91)/b17-15-,23-21-,28-27-. The van der Waals surface area contributed by atoms with E-state index in [0.717, 1.165) is 57.8 Å². The van der Waals surface area contributed by atoms with Crippen molar-refractivity contribution in [3.63, 3.8) is 0 Å². The number of amides is 1. The summed E-state index contributed by atoms with van der Waals surface area (Å²) in [7, 11) is 0. The summed E-state index contributed by atoms with van der Waals surface area (Å²) < 4.78 is 34.6. The highest BCUT2D eigenvalue weighted by molar-refractivity contribution is 5.76. The average molecular weight is 1480 g/mol. The smallest absolute Gasteiger partial charge is 0.220 e. The van der Waals surface area contributed by atoms with Crippen molar-refractivity contribution >= 4 is 5.91 Å². The number of unbranched alkanes of at least 4 members (excludes halogenated alkanes) is 48. The molecule has 3 fully saturated rings. The molecule has 0 aromatic carbocycles. The van der Waals surface area contributed by atoms with Gasteiger partial charge in [0.1, 0.15) is 73.2 Å². The quantitative estimate of drug-likeness (QED) is 0.0199. The van der Waals surface area contributed by atoms with Crippen molar-refractivity contribution in [2.75, 3.05) is 26.4 Å². The first-order chi connectivity index (χ1) is 50.8. The van der Waals surface area contributed by atoms with E-state index >= 15 is 0 Å². The van der Waals surface area contributed by atoms with Gasteiger partial charge in [-0.05, 0) is 51.4 Å². The van der Waals surface area contributed by atoms with Crippen LogP contribution in [0.2, 0.25) is 0 Å². The van der Waals surface area contributed by atoms with E-state index in [1.54, 1.807) is 0 Å². The predicted octanol–water partition coefficient (Wildman–Crippen LogP) is 15.5. The SMILES string of the molecule is CCCCCCC/C=C\C/C=C\C/C=C\CCCCCCCCCCCCCCCCCCCCCCCCC(=O)NC(COC1OC(CO)C(OC2OC(CO)C(OC3OC(CO)C(O)C(O)C3O)C(O)C2O)C(O)C1O)C(O)CCCCCCCCCCCCCCCCCCCCCCCC. The van der Waals surface area contributed by atoms with Gasteiger partial charge in [0.25, 0.3) is 0 Å². The Morgan fingerprint density at radius 3 is 0.990 bits per heavy atom. The van der Waals surface area contributed by atoms with Crippen LogP contribution in [-0.4, -0.2) is 193 Å². The summed E-state index contributed by atoms with van der Waals surface area (Å²) in [6.07, 6.45) is 55.3. The van der Waals surface area contributed by atoms with Crippen molar-refractivity contribution in [1.29, 1.82) is 0 Å². The third-order valence-corrected chi connectivity index (χ3v) is 21.7. The molecule has 3 aliphatic rings. The highest BCUT2D eigenvalue weighted by Gasteiger charge is 2.54. The molecule has 17 unspecified atom stereocenters. The van der Waals surface area contributed by atoms with Gasteiger partial charge in [0.2, 0.25) is 5.91 Å². The molecule has 0 spiro atoms. The van der Waals surface area contributed by atoms with E-state index in [4.69, 9.17) is 28.4 Å². The van der Waals surface area contributed by atoms with E-state index in [1.165, 1.54) is 276 Å². The normalized spacial score (nSPS) is 26.0. The molecule has 12 N–H and O–H groups in total. The zero-order valence-corrected chi connectivity index (χ0v) is 65.8. The molecule has 0 saturated carbocycles. The molecule has 17 atom stereocenters. The number of carbonyl (C=O) groups excluding carboxylic acids is 1. The first-order valence-electron chi connectivity index (χ1n) is 43.2. The number of nitrogens with one attached hydrogen (secondary N) is 1. The molecule has 1 amide bonds. The summed E-state index contributed by atoms with van der Waals surface area (Å²) in [4.78, 5) is 13.5. The van der Waals surface area contributed by atoms with Crippen LogP contribution in [0.4, 0.5) is 0 Å². The topological polar surface area (TPSA) is 307 Å². The van der Waals surface area contributed by atoms with E-state index in [9.17, 15) is 61.0 Å². The molecule has 104 heavy (non-hydrogen) atoms. The lowest BCUT2D eigenvalue weighted by Crippen LogP contribution is -2.66. The molecule has 0 bridgehead atoms. The van der Waals surface area contributed by atoms with Gasteiger partial charge in [0.15, 0.2) is 18.9 Å². The van der Waals surface area contributed by atoms with Gasteiger partial charge in [-0.1, -0.05) is 346 Å². The number of carbonyl (C=O) groups is 1. The Bertz CT molecular complexity index is 2020. The van der Waals surface area contributed by atoms with Gasteiger partial charge in [0.05, 0.1) is 38.6 Å². The number of hydrogen-bond donors (Lipinski definition) is 12. The van der Waals surface area contributed by atoms with E-state index in [0.29, 0.717) is 12.8 Å². The summed E-state index contributed by atoms with van der Waals surface area (Å²) >= 11 is 0. The molecule has 19 nitrogen and oxygen atoms in total. The molecule has 19 heteroatoms. The Morgan fingerprint density at radius 1 is 0.346 bits per heavy atom. The van der Waals surface area contributed by atoms with Crippen LogP contribution in [0.1, 0.15) is 367 Å². The fourth-order valence-electron chi connectivity index (χ4n) is 14.8. The molecule has 3 aliphatic heterocycles. The zero-order valence-electron chi connectivity index (χ0n) is 65.8. The lowest BCUT2D eigenvalue weighted by atomic mass is 9.96. The summed E-state index contributed by atoms with van der Waals surface area (Å²) in [5, 5.41) is 121. The van der Waals surface area contributed by atoms with Crippen molar-refractivity contribution in [3.8, 4) is 0 Å². The number of aliphatic hydroxyl groups is 11. The van der Waals surface area contributed by atoms with Gasteiger partial charge in [-0.2, -0.15) is 0 Å². The fraction of sp³-hybridized carbons (Fsp3) is 0.918. The first kappa shape index (κ1) is 96.2. The molecular formula is C85H159NO18. The number of allylic oxidation sites excluding steroid dienone is 6. The van der Waals surface area contributed by atoms with Crippen molar-refractivity contribution in [3.05, 3.63) is 36.5 Å². The Kier molecular flexibility index (Phi) is 60.8. The number of ether oxygens (including phenoxy) is 6. The largest absolute Gasteiger partial charge is 0.394 e. The third kappa shape index (κ3) is 44.8. The third-order valence-electron chi connectivity index (χ3n) is 21.7. The fourth-order valence-corrected chi connectivity index (χ4v) is 14.8. The average Bonchev–Trinajstić information content (AvgIpc) is 0.783.